The van der Waals surface area contributed by atoms with Crippen LogP contribution in [0.15, 0.2) is 18.5 Å². The first-order chi connectivity index (χ1) is 8.63. The van der Waals surface area contributed by atoms with E-state index in [2.05, 4.69) is 17.0 Å². The van der Waals surface area contributed by atoms with Crippen LogP contribution in [-0.2, 0) is 4.79 Å². The standard InChI is InChI=1S/C11H9N3O2S2/c1-14-3-2-6-8(4-14)18-10(12-6)9-13-7(5-17-9)11(15)16/h2-4,7H,1,5H2,(H,15,16). The number of hydrogen-bond donors (Lipinski definition) is 1. The largest absolute Gasteiger partial charge is 0.664 e. The van der Waals surface area contributed by atoms with Gasteiger partial charge in [-0.05, 0) is 11.8 Å². The predicted molar refractivity (Wildman–Crippen MR) is 70.8 cm³/mol. The van der Waals surface area contributed by atoms with Gasteiger partial charge in [0.1, 0.15) is 16.1 Å². The Labute approximate surface area is 111 Å². The van der Waals surface area contributed by atoms with Crippen molar-refractivity contribution in [1.82, 2.24) is 4.98 Å². The SMILES string of the molecule is C=[n+]1ccc2nc(=C3[N-]C(C(=O)O)CS3)sc2c1. The van der Waals surface area contributed by atoms with Gasteiger partial charge in [0, 0.05) is 6.07 Å². The number of carboxylic acid groups (broad SMARTS) is 1. The molecule has 1 saturated heterocycles. The minimum atomic E-state index is -0.880. The highest BCUT2D eigenvalue weighted by Gasteiger charge is 2.16. The van der Waals surface area contributed by atoms with Crippen molar-refractivity contribution >= 4 is 44.3 Å². The smallest absolute Gasteiger partial charge is 0.289 e. The van der Waals surface area contributed by atoms with Crippen molar-refractivity contribution in [3.05, 3.63) is 35.2 Å². The molecule has 1 atom stereocenters. The van der Waals surface area contributed by atoms with Crippen molar-refractivity contribution in [2.45, 2.75) is 6.04 Å². The fourth-order valence-corrected chi connectivity index (χ4v) is 3.73. The Morgan fingerprint density at radius 2 is 2.50 bits per heavy atom. The maximum absolute atomic E-state index is 10.8. The highest BCUT2D eigenvalue weighted by atomic mass is 32.2. The first-order valence-corrected chi connectivity index (χ1v) is 7.00. The van der Waals surface area contributed by atoms with Crippen molar-refractivity contribution < 1.29 is 14.1 Å². The van der Waals surface area contributed by atoms with E-state index < -0.39 is 12.0 Å². The number of thiazole rings is 1. The first-order valence-electron chi connectivity index (χ1n) is 5.20. The molecule has 1 N–H and O–H groups in total. The molecule has 18 heavy (non-hydrogen) atoms. The van der Waals surface area contributed by atoms with E-state index in [4.69, 9.17) is 5.11 Å². The molecule has 0 aliphatic carbocycles. The molecule has 0 amide bonds. The minimum Gasteiger partial charge on any atom is -0.664 e. The number of carbonyl (C=O) groups is 1. The van der Waals surface area contributed by atoms with E-state index in [0.717, 1.165) is 19.9 Å². The predicted octanol–water partition coefficient (Wildman–Crippen LogP) is 0.863. The second-order valence-electron chi connectivity index (χ2n) is 3.83. The Morgan fingerprint density at radius 1 is 1.67 bits per heavy atom. The molecule has 2 aromatic heterocycles. The summed E-state index contributed by atoms with van der Waals surface area (Å²) in [6.07, 6.45) is 3.72. The van der Waals surface area contributed by atoms with E-state index >= 15 is 0 Å². The number of thioether (sulfide) groups is 1. The molecule has 5 nitrogen and oxygen atoms in total. The third kappa shape index (κ3) is 1.95. The van der Waals surface area contributed by atoms with Gasteiger partial charge in [0.25, 0.3) is 5.97 Å². The molecule has 7 heteroatoms. The van der Waals surface area contributed by atoms with E-state index in [1.165, 1.54) is 23.1 Å². The van der Waals surface area contributed by atoms with Gasteiger partial charge in [-0.3, -0.25) is 4.79 Å². The Morgan fingerprint density at radius 3 is 3.22 bits per heavy atom. The van der Waals surface area contributed by atoms with Gasteiger partial charge in [-0.2, -0.15) is 4.24 Å². The van der Waals surface area contributed by atoms with Crippen molar-refractivity contribution in [3.63, 3.8) is 0 Å². The highest BCUT2D eigenvalue weighted by Crippen LogP contribution is 2.35. The highest BCUT2D eigenvalue weighted by molar-refractivity contribution is 8.08. The fourth-order valence-electron chi connectivity index (χ4n) is 1.62. The van der Waals surface area contributed by atoms with Crippen LogP contribution in [0.5, 0.6) is 0 Å². The molecule has 1 aliphatic rings. The molecular weight excluding hydrogens is 270 g/mol. The molecule has 1 fully saturated rings. The third-order valence-electron chi connectivity index (χ3n) is 2.51. The average Bonchev–Trinajstić information content (AvgIpc) is 2.93. The Kier molecular flexibility index (Phi) is 2.71. The van der Waals surface area contributed by atoms with E-state index in [-0.39, 0.29) is 0 Å². The molecule has 3 heterocycles. The lowest BCUT2D eigenvalue weighted by Crippen LogP contribution is -2.17. The van der Waals surface area contributed by atoms with Gasteiger partial charge in [0.2, 0.25) is 0 Å². The van der Waals surface area contributed by atoms with Crippen LogP contribution in [0.2, 0.25) is 0 Å². The quantitative estimate of drug-likeness (QED) is 0.786. The molecule has 2 aromatic rings. The summed E-state index contributed by atoms with van der Waals surface area (Å²) < 4.78 is 3.52. The van der Waals surface area contributed by atoms with Crippen LogP contribution >= 0.6 is 23.1 Å². The zero-order chi connectivity index (χ0) is 12.7. The van der Waals surface area contributed by atoms with Gasteiger partial charge in [0.15, 0.2) is 12.4 Å². The third-order valence-corrected chi connectivity index (χ3v) is 4.70. The van der Waals surface area contributed by atoms with Gasteiger partial charge < -0.3 is 10.4 Å². The van der Waals surface area contributed by atoms with Crippen molar-refractivity contribution in [1.29, 1.82) is 0 Å². The molecule has 1 unspecified atom stereocenters. The molecule has 0 aromatic carbocycles. The van der Waals surface area contributed by atoms with E-state index in [1.807, 2.05) is 18.5 Å². The molecule has 0 bridgehead atoms. The summed E-state index contributed by atoms with van der Waals surface area (Å²) in [4.78, 5) is 15.3. The van der Waals surface area contributed by atoms with Crippen LogP contribution in [0.3, 0.4) is 0 Å². The van der Waals surface area contributed by atoms with Crippen molar-refractivity contribution in [3.8, 4) is 0 Å². The van der Waals surface area contributed by atoms with Crippen LogP contribution in [0.4, 0.5) is 0 Å². The lowest BCUT2D eigenvalue weighted by Gasteiger charge is -2.17. The number of rotatable bonds is 1. The molecule has 1 aliphatic heterocycles. The van der Waals surface area contributed by atoms with Crippen LogP contribution in [0.1, 0.15) is 0 Å². The molecular formula is C11H9N3O2S2. The number of carboxylic acids is 1. The minimum absolute atomic E-state index is 0.482. The van der Waals surface area contributed by atoms with E-state index in [0.29, 0.717) is 5.75 Å². The second-order valence-corrected chi connectivity index (χ2v) is 5.87. The number of aliphatic carboxylic acids is 1. The topological polar surface area (TPSA) is 70.2 Å². The maximum Gasteiger partial charge on any atom is 0.289 e. The Bertz CT molecular complexity index is 740. The van der Waals surface area contributed by atoms with E-state index in [1.54, 1.807) is 4.24 Å². The Hall–Kier alpha value is -1.60. The van der Waals surface area contributed by atoms with E-state index in [9.17, 15) is 4.79 Å². The molecule has 0 spiro atoms. The lowest BCUT2D eigenvalue weighted by molar-refractivity contribution is -0.496. The van der Waals surface area contributed by atoms with Gasteiger partial charge in [-0.15, -0.1) is 23.1 Å². The van der Waals surface area contributed by atoms with Crippen LogP contribution in [0.25, 0.3) is 20.6 Å². The van der Waals surface area contributed by atoms with Crippen LogP contribution < -0.4 is 8.91 Å². The molecule has 92 valence electrons. The van der Waals surface area contributed by atoms with Gasteiger partial charge in [-0.25, -0.2) is 4.98 Å². The van der Waals surface area contributed by atoms with Gasteiger partial charge >= 0.3 is 0 Å². The monoisotopic (exact) mass is 279 g/mol. The summed E-state index contributed by atoms with van der Waals surface area (Å²) >= 11 is 2.95. The summed E-state index contributed by atoms with van der Waals surface area (Å²) in [5, 5.41) is 13.8. The molecule has 0 saturated carbocycles. The van der Waals surface area contributed by atoms with Crippen molar-refractivity contribution in [2.24, 2.45) is 0 Å². The van der Waals surface area contributed by atoms with Crippen molar-refractivity contribution in [2.75, 3.05) is 5.75 Å². The maximum atomic E-state index is 10.8. The average molecular weight is 279 g/mol. The number of nitrogens with zero attached hydrogens (tertiary/aromatic N) is 3. The van der Waals surface area contributed by atoms with Gasteiger partial charge in [-0.1, -0.05) is 5.03 Å². The summed E-state index contributed by atoms with van der Waals surface area (Å²) in [5.41, 5.74) is 0.886. The van der Waals surface area contributed by atoms with Crippen LogP contribution in [0, 0.1) is 6.72 Å². The fraction of sp³-hybridized carbons (Fsp3) is 0.182. The van der Waals surface area contributed by atoms with Gasteiger partial charge in [0.05, 0.1) is 5.52 Å². The number of hydrogen-bond acceptors (Lipinski definition) is 4. The van der Waals surface area contributed by atoms with Crippen LogP contribution in [-0.4, -0.2) is 27.9 Å². The first kappa shape index (κ1) is 11.5. The number of aromatic nitrogens is 2. The summed E-state index contributed by atoms with van der Waals surface area (Å²) in [5.74, 6) is -0.398. The summed E-state index contributed by atoms with van der Waals surface area (Å²) in [6.45, 7) is 3.80. The summed E-state index contributed by atoms with van der Waals surface area (Å²) in [7, 11) is 0. The summed E-state index contributed by atoms with van der Waals surface area (Å²) in [6, 6.07) is 1.24. The lowest BCUT2D eigenvalue weighted by atomic mass is 10.3. The Balaban J connectivity index is 2.09. The zero-order valence-corrected chi connectivity index (χ0v) is 10.9. The zero-order valence-electron chi connectivity index (χ0n) is 9.24. The normalized spacial score (nSPS) is 22.1. The molecule has 0 radical (unpaired) electrons. The molecule has 3 rings (SSSR count). The number of pyridine rings is 1. The second kappa shape index (κ2) is 4.25. The number of fused-ring (bicyclic) bond motifs is 1.